The number of hydrogen-bond donors (Lipinski definition) is 1. The van der Waals surface area contributed by atoms with Gasteiger partial charge in [0.15, 0.2) is 0 Å². The number of aryl methyl sites for hydroxylation is 1. The molecule has 1 aliphatic rings. The Bertz CT molecular complexity index is 882. The van der Waals surface area contributed by atoms with Crippen LogP contribution in [0.2, 0.25) is 0 Å². The highest BCUT2D eigenvalue weighted by molar-refractivity contribution is 6.46. The van der Waals surface area contributed by atoms with Gasteiger partial charge in [0.2, 0.25) is 0 Å². The standard InChI is InChI=1S/C21H23NO5/c1-4-10-22-18(16-7-6-11-27-16)17(20(24)21(22)25)19(23)14-8-9-15(26-5-2)13(3)12-14/h6-9,11-12,18,23H,4-5,10H2,1-3H3/b19-17-. The van der Waals surface area contributed by atoms with Crippen molar-refractivity contribution in [2.75, 3.05) is 13.2 Å². The van der Waals surface area contributed by atoms with E-state index < -0.39 is 17.7 Å². The lowest BCUT2D eigenvalue weighted by atomic mass is 9.98. The number of aliphatic hydroxyl groups is 1. The van der Waals surface area contributed by atoms with Gasteiger partial charge < -0.3 is 19.2 Å². The number of likely N-dealkylation sites (tertiary alicyclic amines) is 1. The molecule has 1 fully saturated rings. The van der Waals surface area contributed by atoms with E-state index in [2.05, 4.69) is 0 Å². The van der Waals surface area contributed by atoms with Crippen LogP contribution in [-0.2, 0) is 9.59 Å². The van der Waals surface area contributed by atoms with Crippen LogP contribution in [0.3, 0.4) is 0 Å². The van der Waals surface area contributed by atoms with Gasteiger partial charge in [-0.2, -0.15) is 0 Å². The topological polar surface area (TPSA) is 80.0 Å². The highest BCUT2D eigenvalue weighted by atomic mass is 16.5. The number of amides is 1. The predicted molar refractivity (Wildman–Crippen MR) is 100 cm³/mol. The minimum atomic E-state index is -0.730. The van der Waals surface area contributed by atoms with Crippen LogP contribution in [0.15, 0.2) is 46.6 Å². The third kappa shape index (κ3) is 3.35. The van der Waals surface area contributed by atoms with Crippen molar-refractivity contribution < 1.29 is 23.8 Å². The summed E-state index contributed by atoms with van der Waals surface area (Å²) in [6.07, 6.45) is 2.18. The van der Waals surface area contributed by atoms with Crippen LogP contribution in [0.4, 0.5) is 0 Å². The summed E-state index contributed by atoms with van der Waals surface area (Å²) in [7, 11) is 0. The quantitative estimate of drug-likeness (QED) is 0.476. The fourth-order valence-electron chi connectivity index (χ4n) is 3.36. The minimum Gasteiger partial charge on any atom is -0.507 e. The van der Waals surface area contributed by atoms with Crippen LogP contribution < -0.4 is 4.74 Å². The molecule has 1 aromatic heterocycles. The van der Waals surface area contributed by atoms with Gasteiger partial charge in [0.25, 0.3) is 11.7 Å². The molecule has 27 heavy (non-hydrogen) atoms. The Labute approximate surface area is 158 Å². The molecule has 6 heteroatoms. The van der Waals surface area contributed by atoms with E-state index >= 15 is 0 Å². The van der Waals surface area contributed by atoms with Gasteiger partial charge in [0.05, 0.1) is 18.4 Å². The second kappa shape index (κ2) is 7.70. The molecule has 142 valence electrons. The second-order valence-corrected chi connectivity index (χ2v) is 6.42. The molecule has 1 atom stereocenters. The van der Waals surface area contributed by atoms with E-state index in [4.69, 9.17) is 9.15 Å². The summed E-state index contributed by atoms with van der Waals surface area (Å²) in [6, 6.07) is 7.84. The molecule has 2 heterocycles. The van der Waals surface area contributed by atoms with Crippen LogP contribution in [0.25, 0.3) is 5.76 Å². The summed E-state index contributed by atoms with van der Waals surface area (Å²) in [4.78, 5) is 26.7. The van der Waals surface area contributed by atoms with Crippen molar-refractivity contribution in [2.45, 2.75) is 33.2 Å². The van der Waals surface area contributed by atoms with Gasteiger partial charge in [-0.1, -0.05) is 6.92 Å². The highest BCUT2D eigenvalue weighted by Gasteiger charge is 2.47. The zero-order chi connectivity index (χ0) is 19.6. The number of carbonyl (C=O) groups is 2. The average molecular weight is 369 g/mol. The van der Waals surface area contributed by atoms with Crippen molar-refractivity contribution in [2.24, 2.45) is 0 Å². The molecular formula is C21H23NO5. The van der Waals surface area contributed by atoms with Crippen molar-refractivity contribution >= 4 is 17.4 Å². The number of aliphatic hydroxyl groups excluding tert-OH is 1. The van der Waals surface area contributed by atoms with Gasteiger partial charge in [-0.05, 0) is 56.2 Å². The molecule has 0 spiro atoms. The number of carbonyl (C=O) groups excluding carboxylic acids is 2. The Morgan fingerprint density at radius 3 is 2.63 bits per heavy atom. The highest BCUT2D eigenvalue weighted by Crippen LogP contribution is 2.40. The normalized spacial score (nSPS) is 18.9. The number of benzene rings is 1. The smallest absolute Gasteiger partial charge is 0.295 e. The molecule has 6 nitrogen and oxygen atoms in total. The maximum Gasteiger partial charge on any atom is 0.295 e. The third-order valence-electron chi connectivity index (χ3n) is 4.57. The average Bonchev–Trinajstić information content (AvgIpc) is 3.26. The van der Waals surface area contributed by atoms with Gasteiger partial charge >= 0.3 is 0 Å². The molecule has 3 rings (SSSR count). The van der Waals surface area contributed by atoms with E-state index in [0.29, 0.717) is 36.6 Å². The molecule has 2 aromatic rings. The van der Waals surface area contributed by atoms with Crippen LogP contribution in [0, 0.1) is 6.92 Å². The number of Topliss-reactive ketones (excluding diaryl/α,β-unsaturated/α-hetero) is 1. The van der Waals surface area contributed by atoms with E-state index in [-0.39, 0.29) is 11.3 Å². The van der Waals surface area contributed by atoms with Gasteiger partial charge in [-0.25, -0.2) is 0 Å². The Hall–Kier alpha value is -3.02. The SMILES string of the molecule is CCCN1C(=O)C(=O)/C(=C(\O)c2ccc(OCC)c(C)c2)C1c1ccco1. The molecule has 1 aromatic carbocycles. The van der Waals surface area contributed by atoms with Crippen molar-refractivity contribution in [3.8, 4) is 5.75 Å². The number of ether oxygens (including phenoxy) is 1. The monoisotopic (exact) mass is 369 g/mol. The zero-order valence-electron chi connectivity index (χ0n) is 15.7. The summed E-state index contributed by atoms with van der Waals surface area (Å²) in [5, 5.41) is 10.9. The summed E-state index contributed by atoms with van der Waals surface area (Å²) < 4.78 is 11.0. The summed E-state index contributed by atoms with van der Waals surface area (Å²) in [6.45, 7) is 6.61. The number of hydrogen-bond acceptors (Lipinski definition) is 5. The largest absolute Gasteiger partial charge is 0.507 e. The van der Waals surface area contributed by atoms with Gasteiger partial charge in [-0.15, -0.1) is 0 Å². The van der Waals surface area contributed by atoms with Crippen molar-refractivity contribution in [3.05, 3.63) is 59.1 Å². The van der Waals surface area contributed by atoms with Crippen molar-refractivity contribution in [1.82, 2.24) is 4.90 Å². The minimum absolute atomic E-state index is 0.0481. The first-order chi connectivity index (χ1) is 13.0. The number of furan rings is 1. The van der Waals surface area contributed by atoms with Gasteiger partial charge in [0.1, 0.15) is 23.3 Å². The molecule has 1 unspecified atom stereocenters. The van der Waals surface area contributed by atoms with Crippen LogP contribution in [-0.4, -0.2) is 34.8 Å². The molecule has 0 aliphatic carbocycles. The van der Waals surface area contributed by atoms with Gasteiger partial charge in [-0.3, -0.25) is 9.59 Å². The Morgan fingerprint density at radius 2 is 2.04 bits per heavy atom. The molecule has 1 aliphatic heterocycles. The summed E-state index contributed by atoms with van der Waals surface area (Å²) in [5.74, 6) is -0.370. The number of nitrogens with zero attached hydrogens (tertiary/aromatic N) is 1. The molecule has 0 saturated carbocycles. The van der Waals surface area contributed by atoms with E-state index in [1.807, 2.05) is 20.8 Å². The van der Waals surface area contributed by atoms with Crippen LogP contribution >= 0.6 is 0 Å². The Balaban J connectivity index is 2.12. The third-order valence-corrected chi connectivity index (χ3v) is 4.57. The zero-order valence-corrected chi connectivity index (χ0v) is 15.7. The Morgan fingerprint density at radius 1 is 1.26 bits per heavy atom. The first-order valence-electron chi connectivity index (χ1n) is 9.05. The molecule has 1 amide bonds. The lowest BCUT2D eigenvalue weighted by Crippen LogP contribution is -2.30. The molecule has 1 N–H and O–H groups in total. The van der Waals surface area contributed by atoms with Crippen LogP contribution in [0.1, 0.15) is 43.2 Å². The first-order valence-corrected chi connectivity index (χ1v) is 9.05. The Kier molecular flexibility index (Phi) is 5.35. The number of rotatable bonds is 6. The molecule has 1 saturated heterocycles. The van der Waals surface area contributed by atoms with E-state index in [1.54, 1.807) is 30.3 Å². The summed E-state index contributed by atoms with van der Waals surface area (Å²) in [5.41, 5.74) is 1.34. The van der Waals surface area contributed by atoms with E-state index in [9.17, 15) is 14.7 Å². The van der Waals surface area contributed by atoms with Crippen LogP contribution in [0.5, 0.6) is 5.75 Å². The maximum atomic E-state index is 12.7. The first kappa shape index (κ1) is 18.8. The maximum absolute atomic E-state index is 12.7. The number of ketones is 1. The van der Waals surface area contributed by atoms with Crippen molar-refractivity contribution in [3.63, 3.8) is 0 Å². The van der Waals surface area contributed by atoms with Gasteiger partial charge in [0, 0.05) is 12.1 Å². The second-order valence-electron chi connectivity index (χ2n) is 6.42. The molecular weight excluding hydrogens is 346 g/mol. The lowest BCUT2D eigenvalue weighted by molar-refractivity contribution is -0.140. The lowest BCUT2D eigenvalue weighted by Gasteiger charge is -2.22. The molecule has 0 bridgehead atoms. The van der Waals surface area contributed by atoms with E-state index in [1.165, 1.54) is 11.2 Å². The summed E-state index contributed by atoms with van der Waals surface area (Å²) >= 11 is 0. The van der Waals surface area contributed by atoms with Crippen molar-refractivity contribution in [1.29, 1.82) is 0 Å². The van der Waals surface area contributed by atoms with E-state index in [0.717, 1.165) is 5.56 Å². The fourth-order valence-corrected chi connectivity index (χ4v) is 3.36. The molecule has 0 radical (unpaired) electrons. The predicted octanol–water partition coefficient (Wildman–Crippen LogP) is 3.82. The fraction of sp³-hybridized carbons (Fsp3) is 0.333.